The maximum Gasteiger partial charge on any atom is 0.412 e. The van der Waals surface area contributed by atoms with Gasteiger partial charge in [-0.25, -0.2) is 14.4 Å². The Labute approximate surface area is 588 Å². The molecule has 0 bridgehead atoms. The zero-order chi connectivity index (χ0) is 73.7. The molecule has 3 aliphatic carbocycles. The Balaban J connectivity index is 0.746. The lowest BCUT2D eigenvalue weighted by Crippen LogP contribution is -2.64. The van der Waals surface area contributed by atoms with E-state index in [0.29, 0.717) is 6.42 Å². The Bertz CT molecular complexity index is 4100. The summed E-state index contributed by atoms with van der Waals surface area (Å²) in [4.78, 5) is 135. The smallest absolute Gasteiger partial charge is 0.412 e. The van der Waals surface area contributed by atoms with Crippen LogP contribution in [0.4, 0.5) is 15.3 Å². The molecule has 0 spiro atoms. The molecule has 3 amide bonds. The summed E-state index contributed by atoms with van der Waals surface area (Å²) in [6, 6.07) is 23.3. The van der Waals surface area contributed by atoms with Crippen molar-refractivity contribution in [3.05, 3.63) is 135 Å². The van der Waals surface area contributed by atoms with Gasteiger partial charge >= 0.3 is 36.1 Å². The molecule has 0 saturated carbocycles. The van der Waals surface area contributed by atoms with Crippen LogP contribution in [0.5, 0.6) is 23.0 Å². The number of carbonyl (C=O) groups excluding carboxylic acids is 10. The maximum absolute atomic E-state index is 14.2. The number of carbonyl (C=O) groups is 10. The van der Waals surface area contributed by atoms with Gasteiger partial charge in [-0.2, -0.15) is 0 Å². The lowest BCUT2D eigenvalue weighted by Gasteiger charge is -2.43. The number of aromatic hydroxyl groups is 2. The molecule has 548 valence electrons. The van der Waals surface area contributed by atoms with Crippen molar-refractivity contribution in [1.29, 1.82) is 0 Å². The van der Waals surface area contributed by atoms with Crippen molar-refractivity contribution in [2.75, 3.05) is 59.0 Å². The number of alkyl carbamates (subject to hydrolysis) is 1. The summed E-state index contributed by atoms with van der Waals surface area (Å²) in [7, 11) is 2.31. The number of esters is 4. The number of hydrogen-bond donors (Lipinski definition) is 8. The molecule has 3 aliphatic heterocycles. The van der Waals surface area contributed by atoms with Crippen molar-refractivity contribution < 1.29 is 130 Å². The Kier molecular flexibility index (Phi) is 22.8. The van der Waals surface area contributed by atoms with Gasteiger partial charge in [0.15, 0.2) is 36.2 Å². The Morgan fingerprint density at radius 1 is 0.748 bits per heavy atom. The number of amides is 3. The lowest BCUT2D eigenvalue weighted by molar-refractivity contribution is -0.282. The average Bonchev–Trinajstić information content (AvgIpc) is 1.56. The number of Topliss-reactive ketones (excluding diaryl/α,β-unsaturated/α-hetero) is 1. The van der Waals surface area contributed by atoms with Crippen molar-refractivity contribution in [3.8, 4) is 34.1 Å². The van der Waals surface area contributed by atoms with Crippen LogP contribution in [-0.2, 0) is 89.2 Å². The van der Waals surface area contributed by atoms with E-state index in [9.17, 15) is 73.5 Å². The molecule has 0 radical (unpaired) electrons. The van der Waals surface area contributed by atoms with Crippen LogP contribution in [0.3, 0.4) is 0 Å². The second kappa shape index (κ2) is 31.6. The van der Waals surface area contributed by atoms with Crippen LogP contribution >= 0.6 is 0 Å². The lowest BCUT2D eigenvalue weighted by atomic mass is 9.72. The number of nitrogens with one attached hydrogen (secondary N) is 3. The van der Waals surface area contributed by atoms with Gasteiger partial charge in [-0.05, 0) is 72.3 Å². The molecule has 3 heterocycles. The zero-order valence-electron chi connectivity index (χ0n) is 56.9. The summed E-state index contributed by atoms with van der Waals surface area (Å²) in [6.45, 7) is 3.38. The zero-order valence-corrected chi connectivity index (χ0v) is 56.9. The molecule has 5 aromatic rings. The maximum atomic E-state index is 14.2. The number of aliphatic hydroxyl groups is 3. The molecular weight excluding hydrogens is 1350 g/mol. The van der Waals surface area contributed by atoms with Gasteiger partial charge in [-0.15, -0.1) is 0 Å². The molecule has 31 nitrogen and oxygen atoms in total. The van der Waals surface area contributed by atoms with E-state index in [-0.39, 0.29) is 103 Å². The third-order valence-corrected chi connectivity index (χ3v) is 18.7. The highest BCUT2D eigenvalue weighted by atomic mass is 16.7. The quantitative estimate of drug-likeness (QED) is 0.0181. The van der Waals surface area contributed by atoms with Crippen molar-refractivity contribution in [1.82, 2.24) is 15.5 Å². The molecule has 6 unspecified atom stereocenters. The van der Waals surface area contributed by atoms with E-state index < -0.39 is 181 Å². The molecule has 3 fully saturated rings. The van der Waals surface area contributed by atoms with Crippen molar-refractivity contribution in [2.24, 2.45) is 0 Å². The largest absolute Gasteiger partial charge is 0.507 e. The third-order valence-electron chi connectivity index (χ3n) is 18.7. The summed E-state index contributed by atoms with van der Waals surface area (Å²) in [6.07, 6.45) is -17.1. The predicted octanol–water partition coefficient (Wildman–Crippen LogP) is 4.35. The van der Waals surface area contributed by atoms with Crippen LogP contribution in [0.25, 0.3) is 11.1 Å². The van der Waals surface area contributed by atoms with Crippen LogP contribution in [0.1, 0.15) is 131 Å². The van der Waals surface area contributed by atoms with Gasteiger partial charge in [0.2, 0.25) is 24.1 Å². The van der Waals surface area contributed by atoms with Gasteiger partial charge in [0.1, 0.15) is 54.6 Å². The van der Waals surface area contributed by atoms with E-state index in [2.05, 4.69) is 16.0 Å². The molecule has 6 aliphatic rings. The van der Waals surface area contributed by atoms with Gasteiger partial charge in [0.05, 0.1) is 68.1 Å². The van der Waals surface area contributed by atoms with E-state index in [1.807, 2.05) is 48.5 Å². The van der Waals surface area contributed by atoms with E-state index in [4.69, 9.17) is 56.8 Å². The molecule has 103 heavy (non-hydrogen) atoms. The number of rotatable bonds is 24. The fourth-order valence-corrected chi connectivity index (χ4v) is 14.0. The summed E-state index contributed by atoms with van der Waals surface area (Å²) >= 11 is 0. The van der Waals surface area contributed by atoms with E-state index in [1.54, 1.807) is 6.92 Å². The number of nitrogens with zero attached hydrogens (tertiary/aromatic N) is 1. The number of aliphatic hydroxyl groups excluding tert-OH is 2. The number of ether oxygens (including phenoxy) is 12. The highest BCUT2D eigenvalue weighted by molar-refractivity contribution is 6.31. The van der Waals surface area contributed by atoms with Gasteiger partial charge < -0.3 is 98.3 Å². The number of methoxy groups -OCH3 is 2. The number of fused-ring (bicyclic) bond motifs is 6. The topological polar surface area (TPSA) is 422 Å². The van der Waals surface area contributed by atoms with Crippen LogP contribution in [0.15, 0.2) is 84.9 Å². The Morgan fingerprint density at radius 3 is 2.10 bits per heavy atom. The Morgan fingerprint density at radius 2 is 1.42 bits per heavy atom. The molecule has 5 aromatic carbocycles. The molecule has 11 rings (SSSR count). The highest BCUT2D eigenvalue weighted by Crippen LogP contribution is 2.53. The summed E-state index contributed by atoms with van der Waals surface area (Å²) < 4.78 is 68.9. The van der Waals surface area contributed by atoms with Crippen LogP contribution in [0, 0.1) is 0 Å². The van der Waals surface area contributed by atoms with Gasteiger partial charge in [0.25, 0.3) is 0 Å². The minimum atomic E-state index is -2.40. The number of phenolic OH excluding ortho intramolecular Hbond substituents is 2. The van der Waals surface area contributed by atoms with Crippen molar-refractivity contribution in [3.63, 3.8) is 0 Å². The summed E-state index contributed by atoms with van der Waals surface area (Å²) in [5.74, 6) is -9.30. The monoisotopic (exact) mass is 1430 g/mol. The van der Waals surface area contributed by atoms with Crippen molar-refractivity contribution in [2.45, 2.75) is 152 Å². The SMILES string of the molecule is COC(=O)[C@H]1O[C@@H](Oc2ccc(COC(=O)N3CCOC3CCCNC3CC(OC4C[C@](O)(C(=O)CO)Cc5c(O)c6c(c(O)c54)C(=O)c4c(OC)cccc4C6=O)OC(C)C3O)cc2NC(=O)CCNC(=O)OCC2c3ccccc3-c3ccccc32)[C@H](OC(C)=O)[C@@H](OC(C)=O)[C@H]1OC(C)=O. The Hall–Kier alpha value is -10.1. The van der Waals surface area contributed by atoms with Crippen LogP contribution < -0.4 is 25.4 Å². The molecule has 8 N–H and O–H groups in total. The van der Waals surface area contributed by atoms with Gasteiger partial charge in [-0.3, -0.25) is 38.5 Å². The number of phenols is 2. The van der Waals surface area contributed by atoms with Gasteiger partial charge in [-0.1, -0.05) is 66.7 Å². The minimum Gasteiger partial charge on any atom is -0.507 e. The first-order valence-electron chi connectivity index (χ1n) is 33.3. The standard InChI is InChI=1S/C72H78N4O27/c1-34-59(83)47(28-54(97-34)101-50-30-72(91,51(81)31-77)29-44-56(50)63(87)58-57(61(44)85)60(84)43-17-11-18-49(92-5)55(43)62(58)86)73-23-12-19-53-76(25-26-94-53)71(90)96-32-38-20-21-48(102-69-67(100-37(4)80)65(99-36(3)79)64(98-35(2)78)66(103-69)68(88)93-6)46(27-38)75-52(82)22-24-74-70(89)95-33-45-41-15-9-7-13-39(41)40-14-8-10-16-42(40)45/h7-11,13-18,20-21,27,34,45,47,50,53-54,59,64-67,69,73,77,83,85,87,91H,12,19,22-26,28-33H2,1-6H3,(H,74,89)(H,75,82)/t34?,47?,50?,53?,54?,59?,64-,65+,66+,67-,69-,72+/m1/s1. The molecular formula is C72H78N4O27. The highest BCUT2D eigenvalue weighted by Gasteiger charge is 2.57. The predicted molar refractivity (Wildman–Crippen MR) is 352 cm³/mol. The number of ketones is 3. The normalized spacial score (nSPS) is 24.6. The summed E-state index contributed by atoms with van der Waals surface area (Å²) in [5, 5.41) is 65.6. The number of benzene rings is 5. The molecule has 3 saturated heterocycles. The summed E-state index contributed by atoms with van der Waals surface area (Å²) in [5.41, 5.74) is -0.0468. The van der Waals surface area contributed by atoms with Crippen LogP contribution in [0.2, 0.25) is 0 Å². The molecule has 0 aromatic heterocycles. The molecule has 31 heteroatoms. The fraction of sp³-hybridized carbons (Fsp3) is 0.444. The molecule has 12 atom stereocenters. The van der Waals surface area contributed by atoms with E-state index in [1.165, 1.54) is 48.4 Å². The second-order valence-corrected chi connectivity index (χ2v) is 25.4. The number of anilines is 1. The number of hydrogen-bond acceptors (Lipinski definition) is 28. The average molecular weight is 1430 g/mol. The van der Waals surface area contributed by atoms with Crippen molar-refractivity contribution >= 4 is 65.0 Å². The third kappa shape index (κ3) is 15.6. The van der Waals surface area contributed by atoms with Gasteiger partial charge in [0, 0.05) is 81.6 Å². The van der Waals surface area contributed by atoms with E-state index >= 15 is 0 Å². The minimum absolute atomic E-state index is 0.00996. The fourth-order valence-electron chi connectivity index (χ4n) is 14.0. The van der Waals surface area contributed by atoms with Crippen LogP contribution in [-0.4, -0.2) is 211 Å². The van der Waals surface area contributed by atoms with E-state index in [0.717, 1.165) is 50.1 Å². The first-order chi connectivity index (χ1) is 49.3. The first kappa shape index (κ1) is 74.1. The second-order valence-electron chi connectivity index (χ2n) is 25.4. The first-order valence-corrected chi connectivity index (χ1v) is 33.3.